The second kappa shape index (κ2) is 6.85. The maximum absolute atomic E-state index is 9.40. The van der Waals surface area contributed by atoms with Crippen molar-refractivity contribution in [1.82, 2.24) is 15.1 Å². The van der Waals surface area contributed by atoms with Crippen molar-refractivity contribution >= 4 is 0 Å². The summed E-state index contributed by atoms with van der Waals surface area (Å²) in [4.78, 5) is 4.73. The monoisotopic (exact) mass is 257 g/mol. The third-order valence-corrected chi connectivity index (χ3v) is 4.12. The fraction of sp³-hybridized carbons (Fsp3) is 1.00. The Morgan fingerprint density at radius 2 is 1.83 bits per heavy atom. The standard InChI is InChI=1S/C14H31N3O/c1-12(2)15-13(10-18)9-17(5)11-14(16(3)4)7-6-8-14/h12-13,15,18H,6-11H2,1-5H3. The highest BCUT2D eigenvalue weighted by Crippen LogP contribution is 2.36. The van der Waals surface area contributed by atoms with Crippen molar-refractivity contribution in [3.05, 3.63) is 0 Å². The molecule has 108 valence electrons. The van der Waals surface area contributed by atoms with E-state index in [2.05, 4.69) is 50.1 Å². The minimum Gasteiger partial charge on any atom is -0.395 e. The molecule has 0 spiro atoms. The number of likely N-dealkylation sites (N-methyl/N-ethyl adjacent to an activating group) is 2. The van der Waals surface area contributed by atoms with Crippen LogP contribution in [0.3, 0.4) is 0 Å². The predicted molar refractivity (Wildman–Crippen MR) is 76.9 cm³/mol. The summed E-state index contributed by atoms with van der Waals surface area (Å²) < 4.78 is 0. The molecule has 0 aromatic carbocycles. The molecule has 1 aliphatic carbocycles. The molecule has 0 bridgehead atoms. The van der Waals surface area contributed by atoms with Crippen LogP contribution in [0.5, 0.6) is 0 Å². The summed E-state index contributed by atoms with van der Waals surface area (Å²) in [7, 11) is 6.53. The first-order valence-corrected chi connectivity index (χ1v) is 7.12. The Balaban J connectivity index is 2.42. The zero-order valence-electron chi connectivity index (χ0n) is 12.7. The molecular weight excluding hydrogens is 226 g/mol. The molecule has 0 radical (unpaired) electrons. The molecule has 1 aliphatic rings. The summed E-state index contributed by atoms with van der Waals surface area (Å²) in [5, 5.41) is 12.8. The van der Waals surface area contributed by atoms with Crippen LogP contribution >= 0.6 is 0 Å². The smallest absolute Gasteiger partial charge is 0.0597 e. The van der Waals surface area contributed by atoms with Crippen molar-refractivity contribution in [1.29, 1.82) is 0 Å². The van der Waals surface area contributed by atoms with Crippen molar-refractivity contribution in [2.24, 2.45) is 0 Å². The van der Waals surface area contributed by atoms with E-state index in [1.54, 1.807) is 0 Å². The Morgan fingerprint density at radius 3 is 2.17 bits per heavy atom. The summed E-state index contributed by atoms with van der Waals surface area (Å²) >= 11 is 0. The third-order valence-electron chi connectivity index (χ3n) is 4.12. The van der Waals surface area contributed by atoms with Gasteiger partial charge in [0.2, 0.25) is 0 Å². The molecule has 0 aromatic heterocycles. The van der Waals surface area contributed by atoms with Gasteiger partial charge in [0.15, 0.2) is 0 Å². The Labute approximate surface area is 112 Å². The topological polar surface area (TPSA) is 38.7 Å². The van der Waals surface area contributed by atoms with Gasteiger partial charge in [-0.15, -0.1) is 0 Å². The second-order valence-electron chi connectivity index (χ2n) is 6.37. The molecule has 1 unspecified atom stereocenters. The highest BCUT2D eigenvalue weighted by Gasteiger charge is 2.39. The maximum Gasteiger partial charge on any atom is 0.0597 e. The van der Waals surface area contributed by atoms with Crippen LogP contribution in [0, 0.1) is 0 Å². The first kappa shape index (κ1) is 15.9. The van der Waals surface area contributed by atoms with Gasteiger partial charge in [-0.3, -0.25) is 0 Å². The number of nitrogens with zero attached hydrogens (tertiary/aromatic N) is 2. The van der Waals surface area contributed by atoms with Crippen LogP contribution in [0.15, 0.2) is 0 Å². The SMILES string of the molecule is CC(C)NC(CO)CN(C)CC1(N(C)C)CCC1. The zero-order chi connectivity index (χ0) is 13.8. The molecule has 4 heteroatoms. The third kappa shape index (κ3) is 4.19. The Kier molecular flexibility index (Phi) is 6.05. The molecular formula is C14H31N3O. The number of aliphatic hydroxyl groups is 1. The highest BCUT2D eigenvalue weighted by molar-refractivity contribution is 4.98. The molecule has 4 nitrogen and oxygen atoms in total. The van der Waals surface area contributed by atoms with Crippen LogP contribution in [-0.4, -0.2) is 73.4 Å². The van der Waals surface area contributed by atoms with Gasteiger partial charge in [-0.1, -0.05) is 13.8 Å². The Hall–Kier alpha value is -0.160. The van der Waals surface area contributed by atoms with Crippen molar-refractivity contribution in [3.63, 3.8) is 0 Å². The molecule has 1 atom stereocenters. The lowest BCUT2D eigenvalue weighted by Crippen LogP contribution is -2.58. The van der Waals surface area contributed by atoms with E-state index in [4.69, 9.17) is 0 Å². The molecule has 0 saturated heterocycles. The van der Waals surface area contributed by atoms with Crippen molar-refractivity contribution in [2.45, 2.75) is 50.7 Å². The van der Waals surface area contributed by atoms with Gasteiger partial charge in [-0.2, -0.15) is 0 Å². The van der Waals surface area contributed by atoms with E-state index < -0.39 is 0 Å². The molecule has 1 rings (SSSR count). The zero-order valence-corrected chi connectivity index (χ0v) is 12.7. The van der Waals surface area contributed by atoms with Crippen LogP contribution in [0.1, 0.15) is 33.1 Å². The molecule has 0 aliphatic heterocycles. The quantitative estimate of drug-likeness (QED) is 0.673. The van der Waals surface area contributed by atoms with E-state index >= 15 is 0 Å². The molecule has 18 heavy (non-hydrogen) atoms. The van der Waals surface area contributed by atoms with Gasteiger partial charge in [0.05, 0.1) is 6.61 Å². The van der Waals surface area contributed by atoms with Crippen molar-refractivity contribution in [3.8, 4) is 0 Å². The molecule has 1 fully saturated rings. The van der Waals surface area contributed by atoms with E-state index in [-0.39, 0.29) is 12.6 Å². The molecule has 0 heterocycles. The van der Waals surface area contributed by atoms with Gasteiger partial charge in [-0.25, -0.2) is 0 Å². The highest BCUT2D eigenvalue weighted by atomic mass is 16.3. The molecule has 2 N–H and O–H groups in total. The molecule has 1 saturated carbocycles. The Morgan fingerprint density at radius 1 is 1.22 bits per heavy atom. The summed E-state index contributed by atoms with van der Waals surface area (Å²) in [6.45, 7) is 6.45. The lowest BCUT2D eigenvalue weighted by Gasteiger charge is -2.49. The minimum atomic E-state index is 0.175. The van der Waals surface area contributed by atoms with Crippen LogP contribution in [0.25, 0.3) is 0 Å². The average molecular weight is 257 g/mol. The number of hydrogen-bond donors (Lipinski definition) is 2. The van der Waals surface area contributed by atoms with E-state index in [9.17, 15) is 5.11 Å². The van der Waals surface area contributed by atoms with E-state index in [1.165, 1.54) is 19.3 Å². The van der Waals surface area contributed by atoms with Crippen molar-refractivity contribution < 1.29 is 5.11 Å². The van der Waals surface area contributed by atoms with Gasteiger partial charge in [0, 0.05) is 30.7 Å². The average Bonchev–Trinajstić information content (AvgIpc) is 2.21. The van der Waals surface area contributed by atoms with Crippen LogP contribution in [0.4, 0.5) is 0 Å². The summed E-state index contributed by atoms with van der Waals surface area (Å²) in [5.41, 5.74) is 0.368. The number of hydrogen-bond acceptors (Lipinski definition) is 4. The molecule has 0 amide bonds. The Bertz CT molecular complexity index is 239. The van der Waals surface area contributed by atoms with Crippen molar-refractivity contribution in [2.75, 3.05) is 40.8 Å². The number of aliphatic hydroxyl groups excluding tert-OH is 1. The van der Waals surface area contributed by atoms with Crippen LogP contribution in [-0.2, 0) is 0 Å². The van der Waals surface area contributed by atoms with E-state index in [0.29, 0.717) is 11.6 Å². The number of rotatable bonds is 8. The first-order valence-electron chi connectivity index (χ1n) is 7.12. The summed E-state index contributed by atoms with van der Waals surface area (Å²) in [6, 6.07) is 0.594. The van der Waals surface area contributed by atoms with Crippen LogP contribution < -0.4 is 5.32 Å². The predicted octanol–water partition coefficient (Wildman–Crippen LogP) is 0.761. The molecule has 0 aromatic rings. The van der Waals surface area contributed by atoms with E-state index in [1.807, 2.05) is 0 Å². The van der Waals surface area contributed by atoms with Gasteiger partial charge >= 0.3 is 0 Å². The lowest BCUT2D eigenvalue weighted by atomic mass is 9.75. The normalized spacial score (nSPS) is 20.5. The summed E-state index contributed by atoms with van der Waals surface area (Å²) in [6.07, 6.45) is 3.94. The fourth-order valence-electron chi connectivity index (χ4n) is 2.91. The fourth-order valence-corrected chi connectivity index (χ4v) is 2.91. The van der Waals surface area contributed by atoms with Gasteiger partial charge < -0.3 is 20.2 Å². The van der Waals surface area contributed by atoms with Gasteiger partial charge in [0.25, 0.3) is 0 Å². The van der Waals surface area contributed by atoms with E-state index in [0.717, 1.165) is 13.1 Å². The second-order valence-corrected chi connectivity index (χ2v) is 6.37. The minimum absolute atomic E-state index is 0.175. The number of nitrogens with one attached hydrogen (secondary N) is 1. The lowest BCUT2D eigenvalue weighted by molar-refractivity contribution is 0.0234. The first-order chi connectivity index (χ1) is 8.39. The largest absolute Gasteiger partial charge is 0.395 e. The maximum atomic E-state index is 9.40. The van der Waals surface area contributed by atoms with Gasteiger partial charge in [-0.05, 0) is 40.4 Å². The summed E-state index contributed by atoms with van der Waals surface area (Å²) in [5.74, 6) is 0. The van der Waals surface area contributed by atoms with Gasteiger partial charge in [0.1, 0.15) is 0 Å². The van der Waals surface area contributed by atoms with Crippen LogP contribution in [0.2, 0.25) is 0 Å².